The lowest BCUT2D eigenvalue weighted by Gasteiger charge is -2.12. The maximum Gasteiger partial charge on any atom is 0.204 e. The fourth-order valence-corrected chi connectivity index (χ4v) is 2.35. The predicted molar refractivity (Wildman–Crippen MR) is 77.2 cm³/mol. The second kappa shape index (κ2) is 6.33. The Labute approximate surface area is 116 Å². The molecule has 0 aliphatic carbocycles. The molecule has 2 heterocycles. The van der Waals surface area contributed by atoms with Crippen LogP contribution in [0.3, 0.4) is 0 Å². The molecule has 0 bridgehead atoms. The van der Waals surface area contributed by atoms with Crippen molar-refractivity contribution in [2.45, 2.75) is 13.3 Å². The Morgan fingerprint density at radius 3 is 2.74 bits per heavy atom. The van der Waals surface area contributed by atoms with Crippen LogP contribution in [0.2, 0.25) is 0 Å². The summed E-state index contributed by atoms with van der Waals surface area (Å²) in [6.45, 7) is 2.76. The van der Waals surface area contributed by atoms with E-state index in [2.05, 4.69) is 31.0 Å². The maximum absolute atomic E-state index is 5.31. The van der Waals surface area contributed by atoms with Crippen LogP contribution in [0.1, 0.15) is 10.7 Å². The molecule has 0 unspecified atom stereocenters. The number of thiazole rings is 1. The molecule has 0 atom stereocenters. The van der Waals surface area contributed by atoms with E-state index in [1.54, 1.807) is 25.5 Å². The number of aromatic nitrogens is 3. The van der Waals surface area contributed by atoms with Crippen molar-refractivity contribution in [3.63, 3.8) is 0 Å². The standard InChI is InChI=1S/C12H17N5OS/c1-8-17-9(6-19-8)4-5-14-12-10(18-3)11(13-2)15-7-16-12/h6-7H,4-5H2,1-3H3,(H2,13,14,15,16). The van der Waals surface area contributed by atoms with Gasteiger partial charge in [0.25, 0.3) is 0 Å². The SMILES string of the molecule is CNc1ncnc(NCCc2csc(C)n2)c1OC. The van der Waals surface area contributed by atoms with Crippen LogP contribution in [0.15, 0.2) is 11.7 Å². The summed E-state index contributed by atoms with van der Waals surface area (Å²) in [6.07, 6.45) is 2.36. The van der Waals surface area contributed by atoms with Gasteiger partial charge in [-0.05, 0) is 6.92 Å². The Balaban J connectivity index is 1.99. The lowest BCUT2D eigenvalue weighted by atomic mass is 10.3. The monoisotopic (exact) mass is 279 g/mol. The molecule has 19 heavy (non-hydrogen) atoms. The van der Waals surface area contributed by atoms with Gasteiger partial charge in [-0.2, -0.15) is 0 Å². The summed E-state index contributed by atoms with van der Waals surface area (Å²) in [5.41, 5.74) is 1.09. The first-order valence-corrected chi connectivity index (χ1v) is 6.84. The first-order valence-electron chi connectivity index (χ1n) is 5.96. The summed E-state index contributed by atoms with van der Waals surface area (Å²) in [7, 11) is 3.40. The Bertz CT molecular complexity index is 543. The number of nitrogens with zero attached hydrogens (tertiary/aromatic N) is 3. The minimum absolute atomic E-state index is 0.624. The minimum atomic E-state index is 0.624. The Morgan fingerprint density at radius 2 is 2.11 bits per heavy atom. The highest BCUT2D eigenvalue weighted by molar-refractivity contribution is 7.09. The number of rotatable bonds is 6. The van der Waals surface area contributed by atoms with Gasteiger partial charge in [-0.1, -0.05) is 0 Å². The second-order valence-electron chi connectivity index (χ2n) is 3.89. The average molecular weight is 279 g/mol. The van der Waals surface area contributed by atoms with Crippen molar-refractivity contribution in [2.75, 3.05) is 31.3 Å². The zero-order valence-electron chi connectivity index (χ0n) is 11.2. The van der Waals surface area contributed by atoms with Gasteiger partial charge in [0.2, 0.25) is 5.75 Å². The summed E-state index contributed by atoms with van der Waals surface area (Å²) < 4.78 is 5.31. The van der Waals surface area contributed by atoms with Crippen molar-refractivity contribution in [3.8, 4) is 5.75 Å². The third-order valence-electron chi connectivity index (χ3n) is 2.58. The Morgan fingerprint density at radius 1 is 1.32 bits per heavy atom. The molecule has 2 aromatic rings. The van der Waals surface area contributed by atoms with Crippen LogP contribution in [0.5, 0.6) is 5.75 Å². The number of hydrogen-bond donors (Lipinski definition) is 2. The van der Waals surface area contributed by atoms with Crippen molar-refractivity contribution in [2.24, 2.45) is 0 Å². The third kappa shape index (κ3) is 3.31. The molecule has 0 amide bonds. The van der Waals surface area contributed by atoms with Crippen molar-refractivity contribution in [1.82, 2.24) is 15.0 Å². The number of nitrogens with one attached hydrogen (secondary N) is 2. The molecule has 7 heteroatoms. The van der Waals surface area contributed by atoms with Crippen LogP contribution in [0, 0.1) is 6.92 Å². The molecule has 0 radical (unpaired) electrons. The van der Waals surface area contributed by atoms with Crippen molar-refractivity contribution in [3.05, 3.63) is 22.4 Å². The van der Waals surface area contributed by atoms with E-state index >= 15 is 0 Å². The van der Waals surface area contributed by atoms with E-state index in [-0.39, 0.29) is 0 Å². The van der Waals surface area contributed by atoms with Gasteiger partial charge >= 0.3 is 0 Å². The third-order valence-corrected chi connectivity index (χ3v) is 3.41. The highest BCUT2D eigenvalue weighted by Crippen LogP contribution is 2.28. The van der Waals surface area contributed by atoms with Crippen LogP contribution in [-0.2, 0) is 6.42 Å². The van der Waals surface area contributed by atoms with E-state index in [0.717, 1.165) is 23.7 Å². The quantitative estimate of drug-likeness (QED) is 0.842. The molecule has 2 N–H and O–H groups in total. The van der Waals surface area contributed by atoms with E-state index in [0.29, 0.717) is 17.4 Å². The molecule has 0 spiro atoms. The van der Waals surface area contributed by atoms with Gasteiger partial charge < -0.3 is 15.4 Å². The van der Waals surface area contributed by atoms with Crippen LogP contribution in [0.25, 0.3) is 0 Å². The van der Waals surface area contributed by atoms with Gasteiger partial charge in [0.05, 0.1) is 17.8 Å². The summed E-state index contributed by atoms with van der Waals surface area (Å²) in [6, 6.07) is 0. The molecule has 0 fully saturated rings. The minimum Gasteiger partial charge on any atom is -0.490 e. The molecule has 0 aliphatic rings. The molecular weight excluding hydrogens is 262 g/mol. The maximum atomic E-state index is 5.31. The zero-order valence-corrected chi connectivity index (χ0v) is 12.0. The van der Waals surface area contributed by atoms with Crippen molar-refractivity contribution in [1.29, 1.82) is 0 Å². The number of hydrogen-bond acceptors (Lipinski definition) is 7. The summed E-state index contributed by atoms with van der Waals surface area (Å²) in [4.78, 5) is 12.7. The van der Waals surface area contributed by atoms with Gasteiger partial charge in [-0.25, -0.2) is 15.0 Å². The number of anilines is 2. The topological polar surface area (TPSA) is 72.0 Å². The highest BCUT2D eigenvalue weighted by atomic mass is 32.1. The van der Waals surface area contributed by atoms with Crippen molar-refractivity contribution >= 4 is 23.0 Å². The lowest BCUT2D eigenvalue weighted by molar-refractivity contribution is 0.415. The molecule has 6 nitrogen and oxygen atoms in total. The van der Waals surface area contributed by atoms with Gasteiger partial charge in [0.1, 0.15) is 6.33 Å². The van der Waals surface area contributed by atoms with E-state index in [1.807, 2.05) is 6.92 Å². The number of ether oxygens (including phenoxy) is 1. The Hall–Kier alpha value is -1.89. The van der Waals surface area contributed by atoms with Gasteiger partial charge in [-0.3, -0.25) is 0 Å². The average Bonchev–Trinajstić information content (AvgIpc) is 2.84. The molecule has 102 valence electrons. The largest absolute Gasteiger partial charge is 0.490 e. The molecule has 0 aliphatic heterocycles. The van der Waals surface area contributed by atoms with E-state index in [9.17, 15) is 0 Å². The molecule has 2 aromatic heterocycles. The normalized spacial score (nSPS) is 10.3. The summed E-state index contributed by atoms with van der Waals surface area (Å²) in [5, 5.41) is 9.38. The molecule has 0 saturated carbocycles. The van der Waals surface area contributed by atoms with Crippen LogP contribution < -0.4 is 15.4 Å². The van der Waals surface area contributed by atoms with E-state index in [1.165, 1.54) is 6.33 Å². The predicted octanol–water partition coefficient (Wildman–Crippen LogP) is 1.95. The second-order valence-corrected chi connectivity index (χ2v) is 4.95. The first-order chi connectivity index (χ1) is 9.24. The molecule has 0 aromatic carbocycles. The number of methoxy groups -OCH3 is 1. The first kappa shape index (κ1) is 13.5. The number of aryl methyl sites for hydroxylation is 1. The summed E-state index contributed by atoms with van der Waals surface area (Å²) >= 11 is 1.67. The lowest BCUT2D eigenvalue weighted by Crippen LogP contribution is -2.09. The van der Waals surface area contributed by atoms with E-state index in [4.69, 9.17) is 4.74 Å². The van der Waals surface area contributed by atoms with Gasteiger partial charge in [-0.15, -0.1) is 11.3 Å². The Kier molecular flexibility index (Phi) is 4.51. The van der Waals surface area contributed by atoms with Gasteiger partial charge in [0, 0.05) is 25.4 Å². The van der Waals surface area contributed by atoms with Crippen LogP contribution in [-0.4, -0.2) is 35.7 Å². The van der Waals surface area contributed by atoms with Crippen molar-refractivity contribution < 1.29 is 4.74 Å². The fourth-order valence-electron chi connectivity index (χ4n) is 1.70. The van der Waals surface area contributed by atoms with Crippen LogP contribution >= 0.6 is 11.3 Å². The zero-order chi connectivity index (χ0) is 13.7. The smallest absolute Gasteiger partial charge is 0.204 e. The molecule has 2 rings (SSSR count). The van der Waals surface area contributed by atoms with Gasteiger partial charge in [0.15, 0.2) is 11.6 Å². The van der Waals surface area contributed by atoms with Crippen LogP contribution in [0.4, 0.5) is 11.6 Å². The fraction of sp³-hybridized carbons (Fsp3) is 0.417. The molecular formula is C12H17N5OS. The summed E-state index contributed by atoms with van der Waals surface area (Å²) in [5.74, 6) is 1.98. The van der Waals surface area contributed by atoms with E-state index < -0.39 is 0 Å². The highest BCUT2D eigenvalue weighted by Gasteiger charge is 2.10. The molecule has 0 saturated heterocycles.